The van der Waals surface area contributed by atoms with Crippen LogP contribution in [0.4, 0.5) is 0 Å². The molecule has 0 bridgehead atoms. The Morgan fingerprint density at radius 1 is 1.45 bits per heavy atom. The van der Waals surface area contributed by atoms with Crippen molar-refractivity contribution in [2.24, 2.45) is 0 Å². The van der Waals surface area contributed by atoms with E-state index in [-0.39, 0.29) is 29.6 Å². The van der Waals surface area contributed by atoms with Crippen molar-refractivity contribution < 1.29 is 46.7 Å². The summed E-state index contributed by atoms with van der Waals surface area (Å²) in [4.78, 5) is 1.47. The van der Waals surface area contributed by atoms with E-state index in [0.29, 0.717) is 0 Å². The number of nitrogens with zero attached hydrogens (tertiary/aromatic N) is 1. The largest absolute Gasteiger partial charge is 1.00 e. The zero-order valence-corrected chi connectivity index (χ0v) is 9.88. The summed E-state index contributed by atoms with van der Waals surface area (Å²) in [5, 5.41) is 0. The Bertz CT molecular complexity index is 190. The van der Waals surface area contributed by atoms with Crippen LogP contribution in [0.3, 0.4) is 0 Å². The van der Waals surface area contributed by atoms with E-state index in [1.165, 1.54) is 11.8 Å². The van der Waals surface area contributed by atoms with Crippen LogP contribution < -0.4 is 29.6 Å². The first-order valence-corrected chi connectivity index (χ1v) is 3.97. The zero-order valence-electron chi connectivity index (χ0n) is 7.07. The van der Waals surface area contributed by atoms with Crippen molar-refractivity contribution in [1.29, 1.82) is 0 Å². The Morgan fingerprint density at radius 2 is 1.82 bits per heavy atom. The van der Waals surface area contributed by atoms with Gasteiger partial charge in [0.2, 0.25) is 10.4 Å². The first-order valence-electron chi connectivity index (χ1n) is 2.63. The molecule has 5 nitrogen and oxygen atoms in total. The summed E-state index contributed by atoms with van der Waals surface area (Å²) in [5.41, 5.74) is 0. The number of hydrogen-bond donors (Lipinski definition) is 0. The maximum absolute atomic E-state index is 9.94. The SMILES string of the molecule is CC(OS(=O)(=O)[O-])N(C)C.[Na+]. The molecule has 0 aromatic carbocycles. The quantitative estimate of drug-likeness (QED) is 0.199. The molecule has 0 fully saturated rings. The van der Waals surface area contributed by atoms with Gasteiger partial charge in [-0.3, -0.25) is 9.08 Å². The molecule has 0 amide bonds. The van der Waals surface area contributed by atoms with Crippen LogP contribution in [0.5, 0.6) is 0 Å². The van der Waals surface area contributed by atoms with Crippen LogP contribution in [0.1, 0.15) is 6.92 Å². The average Bonchev–Trinajstić information content (AvgIpc) is 1.60. The Hall–Kier alpha value is 0.830. The summed E-state index contributed by atoms with van der Waals surface area (Å²) in [6, 6.07) is 0. The third-order valence-electron chi connectivity index (χ3n) is 0.984. The molecule has 0 heterocycles. The molecule has 0 N–H and O–H groups in total. The van der Waals surface area contributed by atoms with Gasteiger partial charge >= 0.3 is 29.6 Å². The van der Waals surface area contributed by atoms with Crippen LogP contribution >= 0.6 is 0 Å². The van der Waals surface area contributed by atoms with Crippen molar-refractivity contribution >= 4 is 10.4 Å². The second-order valence-corrected chi connectivity index (χ2v) is 3.08. The molecule has 0 saturated heterocycles. The molecule has 11 heavy (non-hydrogen) atoms. The molecule has 0 aliphatic carbocycles. The topological polar surface area (TPSA) is 69.7 Å². The van der Waals surface area contributed by atoms with Gasteiger partial charge in [0.15, 0.2) is 0 Å². The molecule has 0 radical (unpaired) electrons. The summed E-state index contributed by atoms with van der Waals surface area (Å²) in [6.07, 6.45) is -0.706. The van der Waals surface area contributed by atoms with Crippen molar-refractivity contribution in [2.45, 2.75) is 13.2 Å². The molecule has 1 atom stereocenters. The van der Waals surface area contributed by atoms with Crippen LogP contribution in [0.2, 0.25) is 0 Å². The molecule has 7 heteroatoms. The summed E-state index contributed by atoms with van der Waals surface area (Å²) in [7, 11) is -1.35. The third kappa shape index (κ3) is 8.74. The van der Waals surface area contributed by atoms with Gasteiger partial charge < -0.3 is 4.55 Å². The Morgan fingerprint density at radius 3 is 1.91 bits per heavy atom. The van der Waals surface area contributed by atoms with E-state index in [9.17, 15) is 13.0 Å². The van der Waals surface area contributed by atoms with Crippen molar-refractivity contribution in [3.05, 3.63) is 0 Å². The molecule has 0 rings (SSSR count). The summed E-state index contributed by atoms with van der Waals surface area (Å²) < 4.78 is 33.9. The van der Waals surface area contributed by atoms with E-state index in [1.807, 2.05) is 0 Å². The molecular formula is C4H10NNaO4S. The van der Waals surface area contributed by atoms with Crippen LogP contribution in [-0.2, 0) is 14.6 Å². The van der Waals surface area contributed by atoms with Gasteiger partial charge in [-0.05, 0) is 21.0 Å². The fourth-order valence-electron chi connectivity index (χ4n) is 0.257. The molecule has 0 spiro atoms. The van der Waals surface area contributed by atoms with E-state index in [4.69, 9.17) is 0 Å². The molecular weight excluding hydrogens is 181 g/mol. The molecule has 0 aliphatic rings. The molecule has 0 aromatic heterocycles. The monoisotopic (exact) mass is 191 g/mol. The predicted molar refractivity (Wildman–Crippen MR) is 33.9 cm³/mol. The summed E-state index contributed by atoms with van der Waals surface area (Å²) in [6.45, 7) is 1.47. The molecule has 62 valence electrons. The minimum atomic E-state index is -4.56. The first kappa shape index (κ1) is 14.4. The Kier molecular flexibility index (Phi) is 7.14. The Labute approximate surface area is 89.0 Å². The van der Waals surface area contributed by atoms with E-state index < -0.39 is 16.6 Å². The van der Waals surface area contributed by atoms with E-state index in [1.54, 1.807) is 14.1 Å². The van der Waals surface area contributed by atoms with Gasteiger partial charge in [-0.2, -0.15) is 0 Å². The molecule has 1 unspecified atom stereocenters. The van der Waals surface area contributed by atoms with Gasteiger partial charge in [-0.1, -0.05) is 0 Å². The van der Waals surface area contributed by atoms with Crippen molar-refractivity contribution in [3.8, 4) is 0 Å². The van der Waals surface area contributed by atoms with E-state index >= 15 is 0 Å². The van der Waals surface area contributed by atoms with Crippen molar-refractivity contribution in [3.63, 3.8) is 0 Å². The molecule has 0 aliphatic heterocycles. The standard InChI is InChI=1S/C4H11NO4S.Na/c1-4(5(2)3)9-10(6,7)8;/h4H,1-3H3,(H,6,7,8);/q;+1/p-1. The van der Waals surface area contributed by atoms with Gasteiger partial charge in [-0.25, -0.2) is 8.42 Å². The van der Waals surface area contributed by atoms with Gasteiger partial charge in [0, 0.05) is 0 Å². The van der Waals surface area contributed by atoms with Crippen LogP contribution in [0, 0.1) is 0 Å². The molecule has 0 saturated carbocycles. The van der Waals surface area contributed by atoms with Crippen molar-refractivity contribution in [1.82, 2.24) is 4.90 Å². The minimum Gasteiger partial charge on any atom is -0.725 e. The second kappa shape index (κ2) is 5.47. The first-order chi connectivity index (χ1) is 4.33. The number of rotatable bonds is 3. The van der Waals surface area contributed by atoms with Crippen LogP contribution in [0.25, 0.3) is 0 Å². The van der Waals surface area contributed by atoms with Crippen LogP contribution in [-0.4, -0.2) is 38.2 Å². The average molecular weight is 191 g/mol. The van der Waals surface area contributed by atoms with Crippen molar-refractivity contribution in [2.75, 3.05) is 14.1 Å². The van der Waals surface area contributed by atoms with E-state index in [0.717, 1.165) is 0 Å². The smallest absolute Gasteiger partial charge is 0.725 e. The third-order valence-corrected chi connectivity index (χ3v) is 1.50. The summed E-state index contributed by atoms with van der Waals surface area (Å²) >= 11 is 0. The normalized spacial score (nSPS) is 14.3. The fourth-order valence-corrected chi connectivity index (χ4v) is 0.770. The van der Waals surface area contributed by atoms with Gasteiger partial charge in [-0.15, -0.1) is 0 Å². The maximum atomic E-state index is 9.94. The zero-order chi connectivity index (χ0) is 8.36. The van der Waals surface area contributed by atoms with E-state index in [2.05, 4.69) is 4.18 Å². The van der Waals surface area contributed by atoms with Gasteiger partial charge in [0.05, 0.1) is 0 Å². The minimum absolute atomic E-state index is 0. The predicted octanol–water partition coefficient (Wildman–Crippen LogP) is -3.63. The fraction of sp³-hybridized carbons (Fsp3) is 1.00. The number of hydrogen-bond acceptors (Lipinski definition) is 5. The summed E-state index contributed by atoms with van der Waals surface area (Å²) in [5.74, 6) is 0. The Balaban J connectivity index is 0. The maximum Gasteiger partial charge on any atom is 1.00 e. The van der Waals surface area contributed by atoms with Gasteiger partial charge in [0.1, 0.15) is 6.23 Å². The molecule has 0 aromatic rings. The second-order valence-electron chi connectivity index (χ2n) is 2.07. The van der Waals surface area contributed by atoms with Crippen LogP contribution in [0.15, 0.2) is 0 Å². The van der Waals surface area contributed by atoms with Gasteiger partial charge in [0.25, 0.3) is 0 Å².